The number of benzene rings is 4. The van der Waals surface area contributed by atoms with E-state index in [1.807, 2.05) is 97.1 Å². The Hall–Kier alpha value is -4.71. The highest BCUT2D eigenvalue weighted by Gasteiger charge is 2.41. The molecule has 1 atom stereocenters. The van der Waals surface area contributed by atoms with Gasteiger partial charge in [-0.05, 0) is 39.4 Å². The second-order valence-corrected chi connectivity index (χ2v) is 9.39. The highest BCUT2D eigenvalue weighted by molar-refractivity contribution is 6.04. The zero-order valence-electron chi connectivity index (χ0n) is 21.2. The van der Waals surface area contributed by atoms with Gasteiger partial charge >= 0.3 is 0 Å². The number of rotatable bonds is 8. The summed E-state index contributed by atoms with van der Waals surface area (Å²) in [4.78, 5) is 39.9. The molecule has 3 amide bonds. The second kappa shape index (κ2) is 11.1. The van der Waals surface area contributed by atoms with Gasteiger partial charge in [-0.3, -0.25) is 14.4 Å². The van der Waals surface area contributed by atoms with Crippen molar-refractivity contribution in [1.82, 2.24) is 15.5 Å². The maximum atomic E-state index is 13.6. The first kappa shape index (κ1) is 25.0. The van der Waals surface area contributed by atoms with Crippen molar-refractivity contribution < 1.29 is 14.4 Å². The molecule has 0 spiro atoms. The molecule has 1 aliphatic heterocycles. The van der Waals surface area contributed by atoms with Gasteiger partial charge in [0.25, 0.3) is 5.91 Å². The number of carbonyl (C=O) groups is 3. The van der Waals surface area contributed by atoms with Gasteiger partial charge in [0.1, 0.15) is 6.04 Å². The number of carbonyl (C=O) groups excluding carboxylic acids is 3. The first-order chi connectivity index (χ1) is 18.5. The summed E-state index contributed by atoms with van der Waals surface area (Å²) >= 11 is 0. The molecule has 0 aliphatic carbocycles. The first-order valence-electron chi connectivity index (χ1n) is 12.6. The van der Waals surface area contributed by atoms with Crippen molar-refractivity contribution in [2.24, 2.45) is 0 Å². The normalized spacial score (nSPS) is 14.2. The van der Waals surface area contributed by atoms with E-state index in [2.05, 4.69) is 10.6 Å². The van der Waals surface area contributed by atoms with Crippen LogP contribution in [0.1, 0.15) is 45.6 Å². The third-order valence-corrected chi connectivity index (χ3v) is 6.78. The van der Waals surface area contributed by atoms with E-state index in [-0.39, 0.29) is 17.7 Å². The minimum absolute atomic E-state index is 0.0799. The lowest BCUT2D eigenvalue weighted by atomic mass is 9.99. The van der Waals surface area contributed by atoms with E-state index < -0.39 is 6.04 Å². The Balaban J connectivity index is 1.36. The fourth-order valence-electron chi connectivity index (χ4n) is 4.84. The van der Waals surface area contributed by atoms with Crippen LogP contribution >= 0.6 is 0 Å². The van der Waals surface area contributed by atoms with Crippen LogP contribution in [0.4, 0.5) is 0 Å². The molecule has 1 aliphatic rings. The molecule has 0 saturated carbocycles. The summed E-state index contributed by atoms with van der Waals surface area (Å²) < 4.78 is 0. The monoisotopic (exact) mass is 503 g/mol. The lowest BCUT2D eigenvalue weighted by Crippen LogP contribution is -2.38. The number of nitrogens with one attached hydrogen (secondary N) is 2. The van der Waals surface area contributed by atoms with Crippen LogP contribution in [-0.4, -0.2) is 22.6 Å². The minimum Gasteiger partial charge on any atom is -0.352 e. The van der Waals surface area contributed by atoms with Crippen LogP contribution in [0.3, 0.4) is 0 Å². The highest BCUT2D eigenvalue weighted by atomic mass is 16.2. The summed E-state index contributed by atoms with van der Waals surface area (Å²) in [6.07, 6.45) is 0. The first-order valence-corrected chi connectivity index (χ1v) is 12.6. The van der Waals surface area contributed by atoms with E-state index >= 15 is 0 Å². The molecule has 6 heteroatoms. The maximum Gasteiger partial charge on any atom is 0.255 e. The maximum absolute atomic E-state index is 13.6. The van der Waals surface area contributed by atoms with Gasteiger partial charge in [0.05, 0.1) is 0 Å². The summed E-state index contributed by atoms with van der Waals surface area (Å²) in [6, 6.07) is 32.4. The molecule has 0 radical (unpaired) electrons. The van der Waals surface area contributed by atoms with Gasteiger partial charge in [-0.2, -0.15) is 0 Å². The Bertz CT molecular complexity index is 1470. The van der Waals surface area contributed by atoms with Crippen molar-refractivity contribution in [2.75, 3.05) is 0 Å². The minimum atomic E-state index is -0.721. The molecule has 1 heterocycles. The molecule has 38 heavy (non-hydrogen) atoms. The fourth-order valence-corrected chi connectivity index (χ4v) is 4.84. The smallest absolute Gasteiger partial charge is 0.255 e. The van der Waals surface area contributed by atoms with E-state index in [0.717, 1.165) is 33.4 Å². The average molecular weight is 504 g/mol. The van der Waals surface area contributed by atoms with Crippen molar-refractivity contribution in [1.29, 1.82) is 0 Å². The van der Waals surface area contributed by atoms with Crippen molar-refractivity contribution in [3.05, 3.63) is 131 Å². The van der Waals surface area contributed by atoms with Crippen LogP contribution in [0.15, 0.2) is 103 Å². The van der Waals surface area contributed by atoms with Crippen LogP contribution in [-0.2, 0) is 29.2 Å². The Kier molecular flexibility index (Phi) is 7.31. The van der Waals surface area contributed by atoms with Crippen molar-refractivity contribution in [3.8, 4) is 11.1 Å². The third kappa shape index (κ3) is 5.34. The molecular weight excluding hydrogens is 474 g/mol. The van der Waals surface area contributed by atoms with Crippen LogP contribution in [0, 0.1) is 0 Å². The number of amides is 3. The Morgan fingerprint density at radius 1 is 0.711 bits per heavy atom. The lowest BCUT2D eigenvalue weighted by Gasteiger charge is -2.26. The molecule has 0 fully saturated rings. The summed E-state index contributed by atoms with van der Waals surface area (Å²) in [6.45, 7) is 2.59. The molecule has 0 bridgehead atoms. The van der Waals surface area contributed by atoms with Crippen LogP contribution in [0.5, 0.6) is 0 Å². The number of fused-ring (bicyclic) bond motifs is 1. The SMILES string of the molecule is CC(=O)NCc1ccc(CNC(=O)C2c3ccccc3C(=O)N2Cc2ccccc2-c2ccccc2)cc1. The summed E-state index contributed by atoms with van der Waals surface area (Å²) in [5.74, 6) is -0.447. The van der Waals surface area contributed by atoms with Gasteiger partial charge in [-0.15, -0.1) is 0 Å². The van der Waals surface area contributed by atoms with Crippen molar-refractivity contribution >= 4 is 17.7 Å². The molecule has 5 rings (SSSR count). The van der Waals surface area contributed by atoms with Crippen LogP contribution < -0.4 is 10.6 Å². The zero-order chi connectivity index (χ0) is 26.5. The second-order valence-electron chi connectivity index (χ2n) is 9.39. The van der Waals surface area contributed by atoms with Crippen LogP contribution in [0.25, 0.3) is 11.1 Å². The Morgan fingerprint density at radius 2 is 1.29 bits per heavy atom. The zero-order valence-corrected chi connectivity index (χ0v) is 21.2. The standard InChI is InChI=1S/C32H29N3O3/c1-22(36)33-19-23-15-17-24(18-16-23)20-34-31(37)30-28-13-7-8-14-29(28)32(38)35(30)21-26-11-5-6-12-27(26)25-9-3-2-4-10-25/h2-18,30H,19-21H2,1H3,(H,33,36)(H,34,37). The molecule has 4 aromatic carbocycles. The molecule has 4 aromatic rings. The molecular formula is C32H29N3O3. The lowest BCUT2D eigenvalue weighted by molar-refractivity contribution is -0.126. The van der Waals surface area contributed by atoms with E-state index in [1.54, 1.807) is 11.0 Å². The molecule has 0 saturated heterocycles. The van der Waals surface area contributed by atoms with Gasteiger partial charge in [0, 0.05) is 32.1 Å². The summed E-state index contributed by atoms with van der Waals surface area (Å²) in [7, 11) is 0. The van der Waals surface area contributed by atoms with Gasteiger partial charge in [-0.1, -0.05) is 97.1 Å². The number of hydrogen-bond acceptors (Lipinski definition) is 3. The van der Waals surface area contributed by atoms with Gasteiger partial charge in [0.2, 0.25) is 11.8 Å². The van der Waals surface area contributed by atoms with E-state index in [9.17, 15) is 14.4 Å². The van der Waals surface area contributed by atoms with E-state index in [0.29, 0.717) is 25.2 Å². The van der Waals surface area contributed by atoms with E-state index in [1.165, 1.54) is 6.92 Å². The Morgan fingerprint density at radius 3 is 1.97 bits per heavy atom. The van der Waals surface area contributed by atoms with Crippen molar-refractivity contribution in [2.45, 2.75) is 32.6 Å². The third-order valence-electron chi connectivity index (χ3n) is 6.78. The molecule has 190 valence electrons. The molecule has 6 nitrogen and oxygen atoms in total. The topological polar surface area (TPSA) is 78.5 Å². The van der Waals surface area contributed by atoms with Gasteiger partial charge in [0.15, 0.2) is 0 Å². The number of nitrogens with zero attached hydrogens (tertiary/aromatic N) is 1. The molecule has 1 unspecified atom stereocenters. The van der Waals surface area contributed by atoms with Crippen molar-refractivity contribution in [3.63, 3.8) is 0 Å². The van der Waals surface area contributed by atoms with Gasteiger partial charge < -0.3 is 15.5 Å². The number of hydrogen-bond donors (Lipinski definition) is 2. The average Bonchev–Trinajstić information content (AvgIpc) is 3.23. The van der Waals surface area contributed by atoms with Crippen LogP contribution in [0.2, 0.25) is 0 Å². The summed E-state index contributed by atoms with van der Waals surface area (Å²) in [5, 5.41) is 5.81. The van der Waals surface area contributed by atoms with E-state index in [4.69, 9.17) is 0 Å². The highest BCUT2D eigenvalue weighted by Crippen LogP contribution is 2.36. The quantitative estimate of drug-likeness (QED) is 0.355. The molecule has 0 aromatic heterocycles. The fraction of sp³-hybridized carbons (Fsp3) is 0.156. The predicted octanol–water partition coefficient (Wildman–Crippen LogP) is 5.00. The largest absolute Gasteiger partial charge is 0.352 e. The predicted molar refractivity (Wildman–Crippen MR) is 147 cm³/mol. The van der Waals surface area contributed by atoms with Gasteiger partial charge in [-0.25, -0.2) is 0 Å². The molecule has 2 N–H and O–H groups in total. The summed E-state index contributed by atoms with van der Waals surface area (Å²) in [5.41, 5.74) is 6.28. The Labute approximate surface area is 222 Å².